The van der Waals surface area contributed by atoms with Gasteiger partial charge in [-0.15, -0.1) is 0 Å². The second-order valence-electron chi connectivity index (χ2n) is 4.40. The van der Waals surface area contributed by atoms with E-state index in [1.165, 1.54) is 11.1 Å². The zero-order valence-electron chi connectivity index (χ0n) is 10.3. The molecular formula is C16H18O2. The number of hydrogen-bond acceptors (Lipinski definition) is 2. The normalized spacial score (nSPS) is 10.6. The SMILES string of the molecule is OCc1ccc(CCc2ccccc2)cc1CO. The minimum absolute atomic E-state index is 0.0188. The largest absolute Gasteiger partial charge is 0.392 e. The van der Waals surface area contributed by atoms with Crippen molar-refractivity contribution in [1.82, 2.24) is 0 Å². The van der Waals surface area contributed by atoms with Crippen LogP contribution in [0.4, 0.5) is 0 Å². The molecule has 94 valence electrons. The molecule has 2 rings (SSSR count). The summed E-state index contributed by atoms with van der Waals surface area (Å²) in [6.45, 7) is -0.0378. The molecule has 2 N–H and O–H groups in total. The van der Waals surface area contributed by atoms with E-state index in [1.807, 2.05) is 36.4 Å². The fourth-order valence-corrected chi connectivity index (χ4v) is 2.07. The summed E-state index contributed by atoms with van der Waals surface area (Å²) in [4.78, 5) is 0. The molecule has 0 aliphatic carbocycles. The molecule has 0 heterocycles. The molecule has 0 saturated heterocycles. The third-order valence-electron chi connectivity index (χ3n) is 3.16. The van der Waals surface area contributed by atoms with Crippen LogP contribution >= 0.6 is 0 Å². The Hall–Kier alpha value is -1.64. The Bertz CT molecular complexity index is 492. The molecule has 2 aromatic carbocycles. The molecule has 0 fully saturated rings. The van der Waals surface area contributed by atoms with E-state index < -0.39 is 0 Å². The van der Waals surface area contributed by atoms with Crippen molar-refractivity contribution in [2.24, 2.45) is 0 Å². The van der Waals surface area contributed by atoms with Crippen LogP contribution in [0.25, 0.3) is 0 Å². The first kappa shape index (κ1) is 12.8. The van der Waals surface area contributed by atoms with E-state index in [1.54, 1.807) is 0 Å². The molecule has 0 saturated carbocycles. The number of hydrogen-bond donors (Lipinski definition) is 2. The average molecular weight is 242 g/mol. The topological polar surface area (TPSA) is 40.5 Å². The smallest absolute Gasteiger partial charge is 0.0685 e. The van der Waals surface area contributed by atoms with Crippen molar-refractivity contribution in [2.75, 3.05) is 0 Å². The van der Waals surface area contributed by atoms with Gasteiger partial charge >= 0.3 is 0 Å². The van der Waals surface area contributed by atoms with Gasteiger partial charge in [-0.3, -0.25) is 0 Å². The lowest BCUT2D eigenvalue weighted by molar-refractivity contribution is 0.260. The Morgan fingerprint density at radius 3 is 2.00 bits per heavy atom. The second kappa shape index (κ2) is 6.34. The molecule has 2 heteroatoms. The molecule has 0 radical (unpaired) electrons. The van der Waals surface area contributed by atoms with Gasteiger partial charge in [0.05, 0.1) is 13.2 Å². The highest BCUT2D eigenvalue weighted by molar-refractivity contribution is 5.32. The van der Waals surface area contributed by atoms with Gasteiger partial charge in [-0.05, 0) is 35.1 Å². The maximum absolute atomic E-state index is 9.25. The fraction of sp³-hybridized carbons (Fsp3) is 0.250. The van der Waals surface area contributed by atoms with Gasteiger partial charge in [0.15, 0.2) is 0 Å². The molecule has 0 aliphatic heterocycles. The van der Waals surface area contributed by atoms with Crippen LogP contribution in [0.15, 0.2) is 48.5 Å². The fourth-order valence-electron chi connectivity index (χ4n) is 2.07. The van der Waals surface area contributed by atoms with Crippen LogP contribution in [-0.4, -0.2) is 10.2 Å². The third kappa shape index (κ3) is 3.19. The van der Waals surface area contributed by atoms with Crippen molar-refractivity contribution in [3.63, 3.8) is 0 Å². The number of aryl methyl sites for hydroxylation is 2. The Balaban J connectivity index is 2.06. The monoisotopic (exact) mass is 242 g/mol. The molecule has 0 aromatic heterocycles. The zero-order chi connectivity index (χ0) is 12.8. The van der Waals surface area contributed by atoms with Crippen LogP contribution in [0, 0.1) is 0 Å². The maximum atomic E-state index is 9.25. The van der Waals surface area contributed by atoms with Crippen LogP contribution in [-0.2, 0) is 26.1 Å². The standard InChI is InChI=1S/C16H18O2/c17-11-15-9-8-14(10-16(15)12-18)7-6-13-4-2-1-3-5-13/h1-5,8-10,17-18H,6-7,11-12H2. The maximum Gasteiger partial charge on any atom is 0.0685 e. The summed E-state index contributed by atoms with van der Waals surface area (Å²) < 4.78 is 0. The Labute approximate surface area is 108 Å². The van der Waals surface area contributed by atoms with E-state index in [0.717, 1.165) is 24.0 Å². The van der Waals surface area contributed by atoms with Gasteiger partial charge in [-0.1, -0.05) is 48.5 Å². The molecule has 0 atom stereocenters. The van der Waals surface area contributed by atoms with Gasteiger partial charge in [-0.25, -0.2) is 0 Å². The summed E-state index contributed by atoms with van der Waals surface area (Å²) in [6.07, 6.45) is 1.94. The number of aliphatic hydroxyl groups excluding tert-OH is 2. The molecule has 2 nitrogen and oxygen atoms in total. The first-order chi connectivity index (χ1) is 8.83. The molecule has 18 heavy (non-hydrogen) atoms. The van der Waals surface area contributed by atoms with Crippen molar-refractivity contribution >= 4 is 0 Å². The summed E-state index contributed by atoms with van der Waals surface area (Å²) in [7, 11) is 0. The van der Waals surface area contributed by atoms with E-state index in [9.17, 15) is 5.11 Å². The van der Waals surface area contributed by atoms with Gasteiger partial charge in [-0.2, -0.15) is 0 Å². The van der Waals surface area contributed by atoms with Gasteiger partial charge in [0.25, 0.3) is 0 Å². The molecule has 0 aliphatic rings. The van der Waals surface area contributed by atoms with Crippen molar-refractivity contribution in [1.29, 1.82) is 0 Å². The van der Waals surface area contributed by atoms with Crippen molar-refractivity contribution in [3.05, 3.63) is 70.8 Å². The first-order valence-electron chi connectivity index (χ1n) is 6.20. The minimum atomic E-state index is -0.0190. The van der Waals surface area contributed by atoms with Crippen molar-refractivity contribution in [2.45, 2.75) is 26.1 Å². The Morgan fingerprint density at radius 2 is 1.33 bits per heavy atom. The quantitative estimate of drug-likeness (QED) is 0.845. The highest BCUT2D eigenvalue weighted by atomic mass is 16.3. The molecule has 0 amide bonds. The van der Waals surface area contributed by atoms with Crippen LogP contribution in [0.2, 0.25) is 0 Å². The lowest BCUT2D eigenvalue weighted by Gasteiger charge is -2.08. The van der Waals surface area contributed by atoms with Crippen LogP contribution in [0.3, 0.4) is 0 Å². The molecule has 0 spiro atoms. The summed E-state index contributed by atoms with van der Waals surface area (Å²) in [6, 6.07) is 16.2. The summed E-state index contributed by atoms with van der Waals surface area (Å²) in [5, 5.41) is 18.4. The average Bonchev–Trinajstić information content (AvgIpc) is 2.45. The molecule has 2 aromatic rings. The third-order valence-corrected chi connectivity index (χ3v) is 3.16. The van der Waals surface area contributed by atoms with Gasteiger partial charge in [0.2, 0.25) is 0 Å². The van der Waals surface area contributed by atoms with E-state index in [-0.39, 0.29) is 13.2 Å². The lowest BCUT2D eigenvalue weighted by atomic mass is 10.00. The Morgan fingerprint density at radius 1 is 0.667 bits per heavy atom. The summed E-state index contributed by atoms with van der Waals surface area (Å²) in [5.41, 5.74) is 4.14. The molecular weight excluding hydrogens is 224 g/mol. The zero-order valence-corrected chi connectivity index (χ0v) is 10.3. The van der Waals surface area contributed by atoms with Crippen molar-refractivity contribution in [3.8, 4) is 0 Å². The number of rotatable bonds is 5. The van der Waals surface area contributed by atoms with E-state index >= 15 is 0 Å². The highest BCUT2D eigenvalue weighted by Crippen LogP contribution is 2.14. The predicted octanol–water partition coefficient (Wildman–Crippen LogP) is 2.46. The van der Waals surface area contributed by atoms with Gasteiger partial charge in [0.1, 0.15) is 0 Å². The molecule has 0 unspecified atom stereocenters. The minimum Gasteiger partial charge on any atom is -0.392 e. The summed E-state index contributed by atoms with van der Waals surface area (Å²) in [5.74, 6) is 0. The van der Waals surface area contributed by atoms with Crippen LogP contribution in [0.1, 0.15) is 22.3 Å². The number of aliphatic hydroxyl groups is 2. The van der Waals surface area contributed by atoms with Crippen molar-refractivity contribution < 1.29 is 10.2 Å². The van der Waals surface area contributed by atoms with E-state index in [2.05, 4.69) is 12.1 Å². The van der Waals surface area contributed by atoms with Crippen LogP contribution in [0.5, 0.6) is 0 Å². The lowest BCUT2D eigenvalue weighted by Crippen LogP contribution is -1.98. The highest BCUT2D eigenvalue weighted by Gasteiger charge is 2.02. The molecule has 0 bridgehead atoms. The van der Waals surface area contributed by atoms with E-state index in [4.69, 9.17) is 5.11 Å². The second-order valence-corrected chi connectivity index (χ2v) is 4.40. The summed E-state index contributed by atoms with van der Waals surface area (Å²) >= 11 is 0. The van der Waals surface area contributed by atoms with Crippen LogP contribution < -0.4 is 0 Å². The predicted molar refractivity (Wildman–Crippen MR) is 72.1 cm³/mol. The van der Waals surface area contributed by atoms with Gasteiger partial charge < -0.3 is 10.2 Å². The first-order valence-corrected chi connectivity index (χ1v) is 6.20. The Kier molecular flexibility index (Phi) is 4.51. The van der Waals surface area contributed by atoms with Gasteiger partial charge in [0, 0.05) is 0 Å². The number of benzene rings is 2. The van der Waals surface area contributed by atoms with E-state index in [0.29, 0.717) is 0 Å².